The van der Waals surface area contributed by atoms with Crippen LogP contribution < -0.4 is 0 Å². The molecule has 0 unspecified atom stereocenters. The Labute approximate surface area is 111 Å². The standard InChI is InChI=1S/C16H25NO/c1-6-9-14-10-7-8-11-15(14)16(18)17(12(2)3)13(4)5/h7-8,10-13H,6,9H2,1-5H3. The van der Waals surface area contributed by atoms with Crippen LogP contribution in [0.4, 0.5) is 0 Å². The molecule has 0 heterocycles. The summed E-state index contributed by atoms with van der Waals surface area (Å²) in [7, 11) is 0. The van der Waals surface area contributed by atoms with E-state index in [2.05, 4.69) is 40.7 Å². The lowest BCUT2D eigenvalue weighted by Gasteiger charge is -2.31. The average Bonchev–Trinajstić information content (AvgIpc) is 2.29. The van der Waals surface area contributed by atoms with E-state index in [0.29, 0.717) is 0 Å². The lowest BCUT2D eigenvalue weighted by atomic mass is 10.0. The normalized spacial score (nSPS) is 11.1. The van der Waals surface area contributed by atoms with Crippen LogP contribution in [0.5, 0.6) is 0 Å². The fourth-order valence-corrected chi connectivity index (χ4v) is 2.42. The molecule has 2 nitrogen and oxygen atoms in total. The van der Waals surface area contributed by atoms with E-state index in [1.54, 1.807) is 0 Å². The molecule has 0 aliphatic heterocycles. The molecule has 1 aromatic carbocycles. The lowest BCUT2D eigenvalue weighted by molar-refractivity contribution is 0.0642. The summed E-state index contributed by atoms with van der Waals surface area (Å²) in [6.45, 7) is 10.4. The first-order chi connectivity index (χ1) is 8.49. The highest BCUT2D eigenvalue weighted by Gasteiger charge is 2.22. The van der Waals surface area contributed by atoms with Crippen LogP contribution in [-0.4, -0.2) is 22.9 Å². The van der Waals surface area contributed by atoms with Gasteiger partial charge < -0.3 is 4.90 Å². The van der Waals surface area contributed by atoms with Crippen LogP contribution in [0.25, 0.3) is 0 Å². The van der Waals surface area contributed by atoms with Crippen LogP contribution in [0.1, 0.15) is 57.0 Å². The third-order valence-electron chi connectivity index (χ3n) is 3.11. The quantitative estimate of drug-likeness (QED) is 0.772. The third kappa shape index (κ3) is 3.34. The first kappa shape index (κ1) is 14.7. The zero-order chi connectivity index (χ0) is 13.7. The zero-order valence-electron chi connectivity index (χ0n) is 12.2. The molecule has 18 heavy (non-hydrogen) atoms. The number of carbonyl (C=O) groups is 1. The molecule has 0 spiro atoms. The molecule has 0 aromatic heterocycles. The number of benzene rings is 1. The van der Waals surface area contributed by atoms with Gasteiger partial charge in [0, 0.05) is 17.6 Å². The summed E-state index contributed by atoms with van der Waals surface area (Å²) in [5, 5.41) is 0. The highest BCUT2D eigenvalue weighted by Crippen LogP contribution is 2.17. The summed E-state index contributed by atoms with van der Waals surface area (Å²) >= 11 is 0. The van der Waals surface area contributed by atoms with Gasteiger partial charge in [-0.25, -0.2) is 0 Å². The summed E-state index contributed by atoms with van der Waals surface area (Å²) in [6.07, 6.45) is 2.03. The van der Waals surface area contributed by atoms with E-state index < -0.39 is 0 Å². The molecule has 0 saturated carbocycles. The van der Waals surface area contributed by atoms with E-state index in [9.17, 15) is 4.79 Å². The van der Waals surface area contributed by atoms with Gasteiger partial charge in [0.05, 0.1) is 0 Å². The Kier molecular flexibility index (Phi) is 5.39. The molecular formula is C16H25NO. The molecule has 0 radical (unpaired) electrons. The highest BCUT2D eigenvalue weighted by molar-refractivity contribution is 5.96. The van der Waals surface area contributed by atoms with Gasteiger partial charge >= 0.3 is 0 Å². The summed E-state index contributed by atoms with van der Waals surface area (Å²) in [5.41, 5.74) is 2.03. The molecule has 2 heteroatoms. The van der Waals surface area contributed by atoms with Gasteiger partial charge in [0.2, 0.25) is 0 Å². The third-order valence-corrected chi connectivity index (χ3v) is 3.11. The van der Waals surface area contributed by atoms with Gasteiger partial charge in [0.1, 0.15) is 0 Å². The van der Waals surface area contributed by atoms with E-state index in [-0.39, 0.29) is 18.0 Å². The van der Waals surface area contributed by atoms with E-state index in [0.717, 1.165) is 24.0 Å². The van der Waals surface area contributed by atoms with Crippen LogP contribution in [0.15, 0.2) is 24.3 Å². The topological polar surface area (TPSA) is 20.3 Å². The molecule has 1 amide bonds. The monoisotopic (exact) mass is 247 g/mol. The van der Waals surface area contributed by atoms with Gasteiger partial charge in [-0.2, -0.15) is 0 Å². The van der Waals surface area contributed by atoms with Crippen molar-refractivity contribution in [3.8, 4) is 0 Å². The molecule has 0 bridgehead atoms. The molecule has 0 N–H and O–H groups in total. The number of amides is 1. The van der Waals surface area contributed by atoms with Crippen molar-refractivity contribution >= 4 is 5.91 Å². The van der Waals surface area contributed by atoms with Gasteiger partial charge in [-0.05, 0) is 45.7 Å². The molecule has 0 aliphatic rings. The van der Waals surface area contributed by atoms with Crippen LogP contribution >= 0.6 is 0 Å². The maximum Gasteiger partial charge on any atom is 0.254 e. The van der Waals surface area contributed by atoms with E-state index in [1.165, 1.54) is 0 Å². The number of hydrogen-bond acceptors (Lipinski definition) is 1. The van der Waals surface area contributed by atoms with Crippen LogP contribution in [0, 0.1) is 0 Å². The maximum atomic E-state index is 12.6. The Hall–Kier alpha value is -1.31. The Morgan fingerprint density at radius 2 is 1.67 bits per heavy atom. The van der Waals surface area contributed by atoms with E-state index in [1.807, 2.05) is 23.1 Å². The van der Waals surface area contributed by atoms with Crippen molar-refractivity contribution in [2.75, 3.05) is 0 Å². The molecule has 0 fully saturated rings. The minimum Gasteiger partial charge on any atom is -0.334 e. The van der Waals surface area contributed by atoms with Crippen LogP contribution in [0.3, 0.4) is 0 Å². The van der Waals surface area contributed by atoms with Gasteiger partial charge in [-0.15, -0.1) is 0 Å². The van der Waals surface area contributed by atoms with Gasteiger partial charge in [-0.3, -0.25) is 4.79 Å². The SMILES string of the molecule is CCCc1ccccc1C(=O)N(C(C)C)C(C)C. The second kappa shape index (κ2) is 6.58. The van der Waals surface area contributed by atoms with Crippen molar-refractivity contribution < 1.29 is 4.79 Å². The molecule has 0 atom stereocenters. The summed E-state index contributed by atoms with van der Waals surface area (Å²) in [5.74, 6) is 0.157. The minimum atomic E-state index is 0.157. The largest absolute Gasteiger partial charge is 0.334 e. The summed E-state index contributed by atoms with van der Waals surface area (Å²) in [6, 6.07) is 8.43. The Balaban J connectivity index is 3.08. The molecule has 1 aromatic rings. The molecule has 0 saturated heterocycles. The smallest absolute Gasteiger partial charge is 0.254 e. The van der Waals surface area contributed by atoms with E-state index in [4.69, 9.17) is 0 Å². The fraction of sp³-hybridized carbons (Fsp3) is 0.562. The molecule has 100 valence electrons. The van der Waals surface area contributed by atoms with Crippen molar-refractivity contribution in [2.24, 2.45) is 0 Å². The second-order valence-electron chi connectivity index (χ2n) is 5.31. The lowest BCUT2D eigenvalue weighted by Crippen LogP contribution is -2.42. The highest BCUT2D eigenvalue weighted by atomic mass is 16.2. The number of rotatable bonds is 5. The van der Waals surface area contributed by atoms with Gasteiger partial charge in [0.25, 0.3) is 5.91 Å². The maximum absolute atomic E-state index is 12.6. The Morgan fingerprint density at radius 3 is 2.17 bits per heavy atom. The first-order valence-electron chi connectivity index (χ1n) is 6.89. The second-order valence-corrected chi connectivity index (χ2v) is 5.31. The van der Waals surface area contributed by atoms with Crippen molar-refractivity contribution in [2.45, 2.75) is 59.5 Å². The summed E-state index contributed by atoms with van der Waals surface area (Å²) < 4.78 is 0. The number of carbonyl (C=O) groups excluding carboxylic acids is 1. The Bertz CT molecular complexity index is 388. The number of hydrogen-bond donors (Lipinski definition) is 0. The van der Waals surface area contributed by atoms with Crippen molar-refractivity contribution in [1.29, 1.82) is 0 Å². The average molecular weight is 247 g/mol. The number of nitrogens with zero attached hydrogens (tertiary/aromatic N) is 1. The first-order valence-corrected chi connectivity index (χ1v) is 6.89. The molecular weight excluding hydrogens is 222 g/mol. The van der Waals surface area contributed by atoms with Crippen molar-refractivity contribution in [1.82, 2.24) is 4.90 Å². The number of aryl methyl sites for hydroxylation is 1. The predicted octanol–water partition coefficient (Wildman–Crippen LogP) is 3.90. The summed E-state index contributed by atoms with van der Waals surface area (Å²) in [4.78, 5) is 14.6. The zero-order valence-corrected chi connectivity index (χ0v) is 12.2. The predicted molar refractivity (Wildman–Crippen MR) is 76.9 cm³/mol. The minimum absolute atomic E-state index is 0.157. The van der Waals surface area contributed by atoms with Crippen molar-refractivity contribution in [3.63, 3.8) is 0 Å². The molecule has 1 rings (SSSR count). The van der Waals surface area contributed by atoms with E-state index >= 15 is 0 Å². The van der Waals surface area contributed by atoms with Gasteiger partial charge in [0.15, 0.2) is 0 Å². The Morgan fingerprint density at radius 1 is 1.11 bits per heavy atom. The fourth-order valence-electron chi connectivity index (χ4n) is 2.42. The molecule has 0 aliphatic carbocycles. The van der Waals surface area contributed by atoms with Gasteiger partial charge in [-0.1, -0.05) is 31.5 Å². The van der Waals surface area contributed by atoms with Crippen LogP contribution in [0.2, 0.25) is 0 Å². The van der Waals surface area contributed by atoms with Crippen molar-refractivity contribution in [3.05, 3.63) is 35.4 Å². The van der Waals surface area contributed by atoms with Crippen LogP contribution in [-0.2, 0) is 6.42 Å².